The molecule has 0 bridgehead atoms. The number of hydrogen-bond donors (Lipinski definition) is 2. The van der Waals surface area contributed by atoms with E-state index in [9.17, 15) is 14.4 Å². The second kappa shape index (κ2) is 20.1. The van der Waals surface area contributed by atoms with Crippen LogP contribution in [0.1, 0.15) is 60.9 Å². The van der Waals surface area contributed by atoms with Crippen molar-refractivity contribution in [3.05, 3.63) is 29.3 Å². The molecule has 3 fully saturated rings. The molecule has 0 radical (unpaired) electrons. The molecule has 4 aliphatic rings. The lowest BCUT2D eigenvalue weighted by Crippen LogP contribution is -2.52. The van der Waals surface area contributed by atoms with Crippen LogP contribution >= 0.6 is 0 Å². The van der Waals surface area contributed by atoms with Gasteiger partial charge in [-0.05, 0) is 31.4 Å². The molecule has 3 heterocycles. The fourth-order valence-electron chi connectivity index (χ4n) is 6.98. The third kappa shape index (κ3) is 11.2. The number of hydrogen-bond acceptors (Lipinski definition) is 11. The summed E-state index contributed by atoms with van der Waals surface area (Å²) in [4.78, 5) is 43.6. The predicted molar refractivity (Wildman–Crippen MR) is 180 cm³/mol. The zero-order chi connectivity index (χ0) is 33.4. The largest absolute Gasteiger partial charge is 0.382 e. The minimum atomic E-state index is -0.625. The van der Waals surface area contributed by atoms with E-state index >= 15 is 0 Å². The summed E-state index contributed by atoms with van der Waals surface area (Å²) in [7, 11) is 0. The van der Waals surface area contributed by atoms with Crippen molar-refractivity contribution in [1.82, 2.24) is 20.0 Å². The molecule has 1 saturated carbocycles. The standard InChI is InChI=1S/C35H55N5O8/c41-33-10-9-32(34(42)37-33)40-27-30-29(35(40)43)7-4-8-31(30)36-11-17-44-19-21-46-23-25-48-26-24-47-22-20-45-18-16-38-12-14-39(15-13-38)28-5-2-1-3-6-28/h4,7-8,28,32,36H,1-3,5-6,9-27H2,(H,37,41,42). The molecule has 1 atom stereocenters. The molecule has 13 heteroatoms. The predicted octanol–water partition coefficient (Wildman–Crippen LogP) is 1.89. The summed E-state index contributed by atoms with van der Waals surface area (Å²) in [5.74, 6) is -0.885. The van der Waals surface area contributed by atoms with E-state index in [1.807, 2.05) is 12.1 Å². The maximum absolute atomic E-state index is 13.0. The zero-order valence-electron chi connectivity index (χ0n) is 28.5. The molecular weight excluding hydrogens is 618 g/mol. The van der Waals surface area contributed by atoms with Crippen molar-refractivity contribution < 1.29 is 38.1 Å². The molecule has 3 amide bonds. The van der Waals surface area contributed by atoms with Gasteiger partial charge in [0.1, 0.15) is 6.04 Å². The number of nitrogens with one attached hydrogen (secondary N) is 2. The van der Waals surface area contributed by atoms with Crippen molar-refractivity contribution >= 4 is 23.4 Å². The molecule has 1 aromatic rings. The molecule has 5 rings (SSSR count). The lowest BCUT2D eigenvalue weighted by atomic mass is 9.94. The molecule has 0 spiro atoms. The Bertz CT molecular complexity index is 1160. The first-order valence-corrected chi connectivity index (χ1v) is 18.0. The van der Waals surface area contributed by atoms with Crippen molar-refractivity contribution in [1.29, 1.82) is 0 Å². The number of piperidine rings is 1. The van der Waals surface area contributed by atoms with Gasteiger partial charge in [-0.1, -0.05) is 25.3 Å². The van der Waals surface area contributed by atoms with Crippen molar-refractivity contribution in [2.24, 2.45) is 0 Å². The maximum atomic E-state index is 13.0. The second-order valence-corrected chi connectivity index (χ2v) is 12.9. The first-order valence-electron chi connectivity index (χ1n) is 18.0. The normalized spacial score (nSPS) is 21.1. The summed E-state index contributed by atoms with van der Waals surface area (Å²) >= 11 is 0. The molecule has 2 saturated heterocycles. The minimum absolute atomic E-state index is 0.183. The Morgan fingerprint density at radius 3 is 2.00 bits per heavy atom. The van der Waals surface area contributed by atoms with Crippen molar-refractivity contribution in [3.63, 3.8) is 0 Å². The van der Waals surface area contributed by atoms with Gasteiger partial charge in [0.25, 0.3) is 5.91 Å². The average Bonchev–Trinajstić information content (AvgIpc) is 3.44. The number of carbonyl (C=O) groups is 3. The summed E-state index contributed by atoms with van der Waals surface area (Å²) in [5, 5.41) is 5.68. The fourth-order valence-corrected chi connectivity index (χ4v) is 6.98. The average molecular weight is 674 g/mol. The number of imide groups is 1. The third-order valence-electron chi connectivity index (χ3n) is 9.68. The molecule has 0 aromatic heterocycles. The summed E-state index contributed by atoms with van der Waals surface area (Å²) in [6.07, 6.45) is 7.59. The molecule has 3 aliphatic heterocycles. The molecule has 2 N–H and O–H groups in total. The first-order chi connectivity index (χ1) is 23.6. The number of amides is 3. The van der Waals surface area contributed by atoms with Crippen molar-refractivity contribution in [2.45, 2.75) is 63.6 Å². The van der Waals surface area contributed by atoms with Crippen LogP contribution in [0.15, 0.2) is 18.2 Å². The van der Waals surface area contributed by atoms with Gasteiger partial charge in [0.05, 0.1) is 66.1 Å². The van der Waals surface area contributed by atoms with Crippen LogP contribution in [0.25, 0.3) is 0 Å². The quantitative estimate of drug-likeness (QED) is 0.147. The van der Waals surface area contributed by atoms with Crippen molar-refractivity contribution in [3.8, 4) is 0 Å². The molecule has 1 unspecified atom stereocenters. The van der Waals surface area contributed by atoms with Gasteiger partial charge in [0.2, 0.25) is 11.8 Å². The van der Waals surface area contributed by atoms with E-state index in [0.717, 1.165) is 43.5 Å². The maximum Gasteiger partial charge on any atom is 0.255 e. The summed E-state index contributed by atoms with van der Waals surface area (Å²) < 4.78 is 28.2. The Kier molecular flexibility index (Phi) is 15.4. The van der Waals surface area contributed by atoms with E-state index in [2.05, 4.69) is 20.4 Å². The Hall–Kier alpha value is -2.65. The highest BCUT2D eigenvalue weighted by Gasteiger charge is 2.39. The Labute approximate surface area is 284 Å². The Morgan fingerprint density at radius 2 is 1.35 bits per heavy atom. The molecule has 48 heavy (non-hydrogen) atoms. The van der Waals surface area contributed by atoms with Crippen LogP contribution in [0.3, 0.4) is 0 Å². The number of ether oxygens (including phenoxy) is 5. The molecule has 1 aliphatic carbocycles. The molecule has 1 aromatic carbocycles. The number of rotatable bonds is 21. The van der Waals surface area contributed by atoms with Gasteiger partial charge in [-0.3, -0.25) is 29.5 Å². The highest BCUT2D eigenvalue weighted by molar-refractivity contribution is 6.06. The van der Waals surface area contributed by atoms with Gasteiger partial charge in [-0.15, -0.1) is 0 Å². The van der Waals surface area contributed by atoms with Gasteiger partial charge in [-0.2, -0.15) is 0 Å². The third-order valence-corrected chi connectivity index (χ3v) is 9.68. The zero-order valence-corrected chi connectivity index (χ0v) is 28.5. The van der Waals surface area contributed by atoms with E-state index in [0.29, 0.717) is 84.5 Å². The number of anilines is 1. The van der Waals surface area contributed by atoms with E-state index < -0.39 is 11.9 Å². The number of fused-ring (bicyclic) bond motifs is 1. The number of piperazine rings is 1. The lowest BCUT2D eigenvalue weighted by molar-refractivity contribution is -0.136. The van der Waals surface area contributed by atoms with E-state index in [4.69, 9.17) is 23.7 Å². The van der Waals surface area contributed by atoms with Gasteiger partial charge in [0.15, 0.2) is 0 Å². The number of nitrogens with zero attached hydrogens (tertiary/aromatic N) is 3. The summed E-state index contributed by atoms with van der Waals surface area (Å²) in [6, 6.07) is 5.72. The monoisotopic (exact) mass is 673 g/mol. The van der Waals surface area contributed by atoms with Crippen LogP contribution in [0.2, 0.25) is 0 Å². The topological polar surface area (TPSA) is 131 Å². The summed E-state index contributed by atoms with van der Waals surface area (Å²) in [5.41, 5.74) is 2.29. The van der Waals surface area contributed by atoms with Crippen LogP contribution in [0.5, 0.6) is 0 Å². The lowest BCUT2D eigenvalue weighted by Gasteiger charge is -2.40. The van der Waals surface area contributed by atoms with Crippen LogP contribution in [-0.2, 0) is 39.8 Å². The fraction of sp³-hybridized carbons (Fsp3) is 0.743. The summed E-state index contributed by atoms with van der Waals surface area (Å²) in [6.45, 7) is 12.0. The number of carbonyl (C=O) groups excluding carboxylic acids is 3. The highest BCUT2D eigenvalue weighted by atomic mass is 16.6. The first kappa shape index (κ1) is 36.6. The SMILES string of the molecule is O=C1CCC(N2Cc3c(NCCOCCOCCOCCOCCOCCN4CCN(C5CCCCC5)CC4)cccc3C2=O)C(=O)N1. The van der Waals surface area contributed by atoms with Gasteiger partial charge in [-0.25, -0.2) is 0 Å². The van der Waals surface area contributed by atoms with Crippen LogP contribution in [0, 0.1) is 0 Å². The van der Waals surface area contributed by atoms with Crippen LogP contribution in [0.4, 0.5) is 5.69 Å². The Balaban J connectivity index is 0.787. The molecule has 268 valence electrons. The van der Waals surface area contributed by atoms with E-state index in [1.54, 1.807) is 11.0 Å². The van der Waals surface area contributed by atoms with Gasteiger partial charge >= 0.3 is 0 Å². The van der Waals surface area contributed by atoms with Gasteiger partial charge in [0, 0.05) is 75.1 Å². The van der Waals surface area contributed by atoms with Gasteiger partial charge < -0.3 is 33.9 Å². The van der Waals surface area contributed by atoms with E-state index in [1.165, 1.54) is 45.2 Å². The van der Waals surface area contributed by atoms with Crippen molar-refractivity contribution in [2.75, 3.05) is 111 Å². The molecule has 13 nitrogen and oxygen atoms in total. The van der Waals surface area contributed by atoms with E-state index in [-0.39, 0.29) is 18.2 Å². The van der Waals surface area contributed by atoms with Crippen LogP contribution in [-0.4, -0.2) is 150 Å². The second-order valence-electron chi connectivity index (χ2n) is 12.9. The molecular formula is C35H55N5O8. The minimum Gasteiger partial charge on any atom is -0.382 e. The van der Waals surface area contributed by atoms with Crippen LogP contribution < -0.4 is 10.6 Å². The highest BCUT2D eigenvalue weighted by Crippen LogP contribution is 2.32. The Morgan fingerprint density at radius 1 is 0.729 bits per heavy atom. The number of benzene rings is 1. The smallest absolute Gasteiger partial charge is 0.255 e.